The minimum Gasteiger partial charge on any atom is -0.402 e. The normalized spacial score (nSPS) is 12.5. The lowest BCUT2D eigenvalue weighted by Gasteiger charge is -2.19. The summed E-state index contributed by atoms with van der Waals surface area (Å²) in [7, 11) is 1.74. The molecule has 0 fully saturated rings. The van der Waals surface area contributed by atoms with Gasteiger partial charge in [-0.1, -0.05) is 6.07 Å². The third-order valence-electron chi connectivity index (χ3n) is 3.71. The molecule has 0 saturated heterocycles. The van der Waals surface area contributed by atoms with Crippen LogP contribution < -0.4 is 11.5 Å². The number of rotatable bonds is 5. The topological polar surface area (TPSA) is 103 Å². The van der Waals surface area contributed by atoms with Gasteiger partial charge in [-0.25, -0.2) is 4.68 Å². The van der Waals surface area contributed by atoms with Crippen LogP contribution >= 0.6 is 0 Å². The number of hydrogen-bond donors (Lipinski definition) is 2. The van der Waals surface area contributed by atoms with E-state index in [0.717, 1.165) is 0 Å². The fourth-order valence-electron chi connectivity index (χ4n) is 2.08. The van der Waals surface area contributed by atoms with Gasteiger partial charge in [0.15, 0.2) is 5.69 Å². The number of allylic oxidation sites excluding steroid dienone is 3. The Morgan fingerprint density at radius 1 is 1.28 bits per heavy atom. The molecule has 0 aliphatic heterocycles. The first-order valence-electron chi connectivity index (χ1n) is 7.99. The van der Waals surface area contributed by atoms with E-state index in [-0.39, 0.29) is 11.9 Å². The van der Waals surface area contributed by atoms with E-state index in [2.05, 4.69) is 10.1 Å². The van der Waals surface area contributed by atoms with E-state index in [1.807, 2.05) is 32.0 Å². The summed E-state index contributed by atoms with van der Waals surface area (Å²) in [5.74, 6) is 0.168. The van der Waals surface area contributed by atoms with Crippen LogP contribution in [0.3, 0.4) is 0 Å². The number of nitrogens with two attached hydrogens (primary N) is 2. The highest BCUT2D eigenvalue weighted by Crippen LogP contribution is 2.21. The molecule has 7 nitrogen and oxygen atoms in total. The van der Waals surface area contributed by atoms with Crippen LogP contribution in [0.2, 0.25) is 0 Å². The van der Waals surface area contributed by atoms with Gasteiger partial charge in [-0.15, -0.1) is 0 Å². The summed E-state index contributed by atoms with van der Waals surface area (Å²) in [6.07, 6.45) is 5.01. The third-order valence-corrected chi connectivity index (χ3v) is 3.71. The van der Waals surface area contributed by atoms with Crippen LogP contribution in [0.1, 0.15) is 31.3 Å². The molecule has 0 bridgehead atoms. The Bertz CT molecular complexity index is 800. The second-order valence-corrected chi connectivity index (χ2v) is 6.05. The molecule has 2 aromatic heterocycles. The molecule has 2 aromatic rings. The molecule has 7 heteroatoms. The van der Waals surface area contributed by atoms with Crippen LogP contribution in [0.4, 0.5) is 0 Å². The van der Waals surface area contributed by atoms with Gasteiger partial charge in [0.25, 0.3) is 5.91 Å². The van der Waals surface area contributed by atoms with Gasteiger partial charge in [-0.3, -0.25) is 9.78 Å². The molecular formula is C18H24N6O. The van der Waals surface area contributed by atoms with E-state index in [9.17, 15) is 4.79 Å². The number of pyridine rings is 1. The van der Waals surface area contributed by atoms with Crippen molar-refractivity contribution in [2.24, 2.45) is 11.5 Å². The first-order chi connectivity index (χ1) is 11.8. The number of carbonyl (C=O) groups is 1. The summed E-state index contributed by atoms with van der Waals surface area (Å²) in [4.78, 5) is 18.6. The van der Waals surface area contributed by atoms with Crippen LogP contribution in [-0.4, -0.2) is 38.7 Å². The molecule has 0 radical (unpaired) electrons. The van der Waals surface area contributed by atoms with Crippen molar-refractivity contribution in [3.8, 4) is 11.4 Å². The van der Waals surface area contributed by atoms with Gasteiger partial charge in [0.05, 0.1) is 11.4 Å². The lowest BCUT2D eigenvalue weighted by atomic mass is 10.2. The zero-order chi connectivity index (χ0) is 18.6. The van der Waals surface area contributed by atoms with Gasteiger partial charge >= 0.3 is 0 Å². The Kier molecular flexibility index (Phi) is 5.59. The number of amides is 1. The van der Waals surface area contributed by atoms with Crippen LogP contribution in [0, 0.1) is 0 Å². The Labute approximate surface area is 147 Å². The SMILES string of the molecule is C/C(N)=C/C=C(\N)n1nc(C(=O)N(C)C(C)C)cc1-c1ccccn1. The second kappa shape index (κ2) is 7.65. The van der Waals surface area contributed by atoms with E-state index in [1.165, 1.54) is 4.68 Å². The van der Waals surface area contributed by atoms with Crippen molar-refractivity contribution in [1.29, 1.82) is 0 Å². The molecule has 0 aliphatic carbocycles. The van der Waals surface area contributed by atoms with Crippen molar-refractivity contribution in [2.45, 2.75) is 26.8 Å². The number of nitrogens with zero attached hydrogens (tertiary/aromatic N) is 4. The lowest BCUT2D eigenvalue weighted by molar-refractivity contribution is 0.0748. The summed E-state index contributed by atoms with van der Waals surface area (Å²) in [6, 6.07) is 7.29. The molecule has 4 N–H and O–H groups in total. The van der Waals surface area contributed by atoms with Gasteiger partial charge in [0.2, 0.25) is 0 Å². The monoisotopic (exact) mass is 340 g/mol. The largest absolute Gasteiger partial charge is 0.402 e. The van der Waals surface area contributed by atoms with Crippen molar-refractivity contribution in [3.63, 3.8) is 0 Å². The summed E-state index contributed by atoms with van der Waals surface area (Å²) in [6.45, 7) is 5.65. The molecule has 0 saturated carbocycles. The molecule has 132 valence electrons. The highest BCUT2D eigenvalue weighted by Gasteiger charge is 2.21. The number of aromatic nitrogens is 3. The molecule has 1 amide bonds. The minimum atomic E-state index is -0.177. The van der Waals surface area contributed by atoms with Crippen LogP contribution in [0.15, 0.2) is 48.3 Å². The van der Waals surface area contributed by atoms with Gasteiger partial charge in [0, 0.05) is 25.0 Å². The minimum absolute atomic E-state index is 0.0617. The summed E-state index contributed by atoms with van der Waals surface area (Å²) < 4.78 is 1.50. The zero-order valence-corrected chi connectivity index (χ0v) is 15.0. The van der Waals surface area contributed by atoms with E-state index < -0.39 is 0 Å². The third kappa shape index (κ3) is 4.26. The van der Waals surface area contributed by atoms with Crippen molar-refractivity contribution in [3.05, 3.63) is 54.0 Å². The maximum atomic E-state index is 12.6. The van der Waals surface area contributed by atoms with Crippen molar-refractivity contribution >= 4 is 11.7 Å². The molecule has 2 rings (SSSR count). The average molecular weight is 340 g/mol. The van der Waals surface area contributed by atoms with E-state index in [4.69, 9.17) is 11.5 Å². The predicted octanol–water partition coefficient (Wildman–Crippen LogP) is 2.05. The molecule has 25 heavy (non-hydrogen) atoms. The summed E-state index contributed by atoms with van der Waals surface area (Å²) in [5.41, 5.74) is 14.0. The van der Waals surface area contributed by atoms with Crippen molar-refractivity contribution < 1.29 is 4.79 Å². The number of hydrogen-bond acceptors (Lipinski definition) is 5. The maximum Gasteiger partial charge on any atom is 0.274 e. The fourth-order valence-corrected chi connectivity index (χ4v) is 2.08. The van der Waals surface area contributed by atoms with Crippen LogP contribution in [-0.2, 0) is 0 Å². The van der Waals surface area contributed by atoms with Crippen LogP contribution in [0.25, 0.3) is 17.2 Å². The van der Waals surface area contributed by atoms with Crippen molar-refractivity contribution in [2.75, 3.05) is 7.05 Å². The highest BCUT2D eigenvalue weighted by molar-refractivity contribution is 5.93. The Balaban J connectivity index is 2.55. The van der Waals surface area contributed by atoms with Gasteiger partial charge in [-0.05, 0) is 51.1 Å². The van der Waals surface area contributed by atoms with Gasteiger partial charge in [-0.2, -0.15) is 5.10 Å². The number of carbonyl (C=O) groups excluding carboxylic acids is 1. The molecular weight excluding hydrogens is 316 g/mol. The van der Waals surface area contributed by atoms with Crippen LogP contribution in [0.5, 0.6) is 0 Å². The fraction of sp³-hybridized carbons (Fsp3) is 0.278. The Morgan fingerprint density at radius 3 is 2.56 bits per heavy atom. The predicted molar refractivity (Wildman–Crippen MR) is 99.1 cm³/mol. The van der Waals surface area contributed by atoms with Crippen molar-refractivity contribution in [1.82, 2.24) is 19.7 Å². The summed E-state index contributed by atoms with van der Waals surface area (Å²) >= 11 is 0. The first kappa shape index (κ1) is 18.3. The van der Waals surface area contributed by atoms with E-state index in [1.54, 1.807) is 43.3 Å². The molecule has 0 spiro atoms. The smallest absolute Gasteiger partial charge is 0.274 e. The van der Waals surface area contributed by atoms with Gasteiger partial charge in [0.1, 0.15) is 5.82 Å². The highest BCUT2D eigenvalue weighted by atomic mass is 16.2. The second-order valence-electron chi connectivity index (χ2n) is 6.05. The van der Waals surface area contributed by atoms with Gasteiger partial charge < -0.3 is 16.4 Å². The Morgan fingerprint density at radius 2 is 2.00 bits per heavy atom. The average Bonchev–Trinajstić information content (AvgIpc) is 3.04. The first-order valence-corrected chi connectivity index (χ1v) is 7.99. The standard InChI is InChI=1S/C18H24N6O/c1-12(2)23(4)18(25)15-11-16(14-7-5-6-10-21-14)24(22-15)17(20)9-8-13(3)19/h5-12H,19-20H2,1-4H3/b13-8-,17-9+. The van der Waals surface area contributed by atoms with E-state index >= 15 is 0 Å². The lowest BCUT2D eigenvalue weighted by Crippen LogP contribution is -2.33. The molecule has 0 aliphatic rings. The maximum absolute atomic E-state index is 12.6. The molecule has 0 aromatic carbocycles. The molecule has 0 unspecified atom stereocenters. The Hall–Kier alpha value is -3.09. The molecule has 2 heterocycles. The quantitative estimate of drug-likeness (QED) is 0.811. The summed E-state index contributed by atoms with van der Waals surface area (Å²) in [5, 5.41) is 4.39. The molecule has 0 atom stereocenters. The zero-order valence-electron chi connectivity index (χ0n) is 15.0. The van der Waals surface area contributed by atoms with E-state index in [0.29, 0.717) is 28.6 Å².